The topological polar surface area (TPSA) is 66.5 Å². The van der Waals surface area contributed by atoms with E-state index in [1.165, 1.54) is 5.56 Å². The number of nitrogens with zero attached hydrogens (tertiary/aromatic N) is 1. The summed E-state index contributed by atoms with van der Waals surface area (Å²) in [5.74, 6) is 1.94. The van der Waals surface area contributed by atoms with E-state index in [4.69, 9.17) is 0 Å². The molecule has 158 valence electrons. The molecule has 0 spiro atoms. The molecule has 0 aliphatic heterocycles. The molecule has 0 fully saturated rings. The van der Waals surface area contributed by atoms with Crippen molar-refractivity contribution in [3.8, 4) is 0 Å². The molecule has 2 aromatic rings. The van der Waals surface area contributed by atoms with Gasteiger partial charge in [0.05, 0.1) is 11.9 Å². The average molecular weight is 435 g/mol. The fourth-order valence-corrected chi connectivity index (χ4v) is 4.56. The van der Waals surface area contributed by atoms with E-state index in [1.54, 1.807) is 12.1 Å². The van der Waals surface area contributed by atoms with Gasteiger partial charge in [-0.15, -0.1) is 0 Å². The van der Waals surface area contributed by atoms with E-state index in [0.29, 0.717) is 18.2 Å². The molecule has 0 heterocycles. The van der Waals surface area contributed by atoms with Crippen LogP contribution in [0, 0.1) is 0 Å². The number of thioether (sulfide) groups is 1. The predicted molar refractivity (Wildman–Crippen MR) is 123 cm³/mol. The van der Waals surface area contributed by atoms with E-state index in [2.05, 4.69) is 31.3 Å². The second-order valence-electron chi connectivity index (χ2n) is 7.26. The maximum absolute atomic E-state index is 12.3. The van der Waals surface area contributed by atoms with E-state index < -0.39 is 10.0 Å². The van der Waals surface area contributed by atoms with Crippen molar-refractivity contribution in [2.24, 2.45) is 0 Å². The van der Waals surface area contributed by atoms with Crippen LogP contribution in [0.3, 0.4) is 0 Å². The van der Waals surface area contributed by atoms with Crippen molar-refractivity contribution < 1.29 is 13.2 Å². The Balaban J connectivity index is 1.79. The Bertz CT molecular complexity index is 867. The Morgan fingerprint density at radius 2 is 1.72 bits per heavy atom. The molecule has 2 aromatic carbocycles. The van der Waals surface area contributed by atoms with Crippen molar-refractivity contribution in [2.45, 2.75) is 31.9 Å². The van der Waals surface area contributed by atoms with Gasteiger partial charge in [0.25, 0.3) is 0 Å². The summed E-state index contributed by atoms with van der Waals surface area (Å²) >= 11 is 1.82. The highest BCUT2D eigenvalue weighted by Crippen LogP contribution is 2.21. The van der Waals surface area contributed by atoms with Crippen molar-refractivity contribution in [3.05, 3.63) is 65.7 Å². The maximum Gasteiger partial charge on any atom is 0.240 e. The third-order valence-electron chi connectivity index (χ3n) is 4.43. The fourth-order valence-electron chi connectivity index (χ4n) is 2.78. The zero-order valence-corrected chi connectivity index (χ0v) is 18.9. The van der Waals surface area contributed by atoms with E-state index in [9.17, 15) is 13.2 Å². The highest BCUT2D eigenvalue weighted by Gasteiger charge is 2.20. The molecule has 1 N–H and O–H groups in total. The number of benzene rings is 2. The third-order valence-corrected chi connectivity index (χ3v) is 6.69. The average Bonchev–Trinajstić information content (AvgIpc) is 2.69. The maximum atomic E-state index is 12.3. The molecule has 0 saturated carbocycles. The fraction of sp³-hybridized carbons (Fsp3) is 0.409. The van der Waals surface area contributed by atoms with Crippen molar-refractivity contribution in [3.63, 3.8) is 0 Å². The molecule has 5 nitrogen and oxygen atoms in total. The monoisotopic (exact) mass is 434 g/mol. The molecular weight excluding hydrogens is 404 g/mol. The largest absolute Gasteiger partial charge is 0.354 e. The summed E-state index contributed by atoms with van der Waals surface area (Å²) < 4.78 is 25.5. The lowest BCUT2D eigenvalue weighted by molar-refractivity contribution is -0.119. The van der Waals surface area contributed by atoms with Crippen LogP contribution >= 0.6 is 11.8 Å². The summed E-state index contributed by atoms with van der Waals surface area (Å²) in [4.78, 5) is 12.3. The molecule has 0 aromatic heterocycles. The number of carbonyl (C=O) groups is 1. The number of sulfonamides is 1. The molecule has 7 heteroatoms. The highest BCUT2D eigenvalue weighted by atomic mass is 32.2. The molecule has 0 radical (unpaired) electrons. The number of hydrogen-bond donors (Lipinski definition) is 1. The van der Waals surface area contributed by atoms with Crippen molar-refractivity contribution in [2.75, 3.05) is 29.4 Å². The van der Waals surface area contributed by atoms with Crippen LogP contribution in [0.4, 0.5) is 5.69 Å². The van der Waals surface area contributed by atoms with Gasteiger partial charge in [0.15, 0.2) is 0 Å². The zero-order valence-electron chi connectivity index (χ0n) is 17.3. The van der Waals surface area contributed by atoms with Gasteiger partial charge in [-0.3, -0.25) is 9.10 Å². The molecule has 29 heavy (non-hydrogen) atoms. The van der Waals surface area contributed by atoms with Gasteiger partial charge in [-0.1, -0.05) is 56.3 Å². The van der Waals surface area contributed by atoms with Gasteiger partial charge in [0.2, 0.25) is 15.9 Å². The number of anilines is 1. The van der Waals surface area contributed by atoms with Gasteiger partial charge in [0.1, 0.15) is 6.54 Å². The summed E-state index contributed by atoms with van der Waals surface area (Å²) in [6, 6.07) is 17.6. The van der Waals surface area contributed by atoms with Gasteiger partial charge < -0.3 is 5.32 Å². The minimum atomic E-state index is -3.55. The Morgan fingerprint density at radius 3 is 2.31 bits per heavy atom. The van der Waals surface area contributed by atoms with Crippen molar-refractivity contribution >= 4 is 33.4 Å². The standard InChI is InChI=1S/C22H30N2O3S2/c1-18(2)20-10-12-21(13-11-20)24(29(3,26)27)16-22(25)23-14-7-15-28-17-19-8-5-4-6-9-19/h4-6,8-13,18H,7,14-17H2,1-3H3,(H,23,25). The highest BCUT2D eigenvalue weighted by molar-refractivity contribution is 7.98. The molecule has 0 atom stereocenters. The van der Waals surface area contributed by atoms with E-state index in [0.717, 1.165) is 34.1 Å². The lowest BCUT2D eigenvalue weighted by Crippen LogP contribution is -2.40. The van der Waals surface area contributed by atoms with Crippen LogP contribution in [0.5, 0.6) is 0 Å². The Labute approximate surface area is 178 Å². The summed E-state index contributed by atoms with van der Waals surface area (Å²) in [6.07, 6.45) is 1.96. The number of nitrogens with one attached hydrogen (secondary N) is 1. The molecule has 2 rings (SSSR count). The van der Waals surface area contributed by atoms with Gasteiger partial charge >= 0.3 is 0 Å². The normalized spacial score (nSPS) is 11.4. The number of hydrogen-bond acceptors (Lipinski definition) is 4. The van der Waals surface area contributed by atoms with Crippen LogP contribution in [-0.2, 0) is 20.6 Å². The van der Waals surface area contributed by atoms with Crippen molar-refractivity contribution in [1.82, 2.24) is 5.32 Å². The van der Waals surface area contributed by atoms with Crippen LogP contribution in [0.15, 0.2) is 54.6 Å². The van der Waals surface area contributed by atoms with Gasteiger partial charge in [-0.2, -0.15) is 11.8 Å². The van der Waals surface area contributed by atoms with Crippen LogP contribution in [-0.4, -0.2) is 39.4 Å². The lowest BCUT2D eigenvalue weighted by atomic mass is 10.0. The lowest BCUT2D eigenvalue weighted by Gasteiger charge is -2.22. The van der Waals surface area contributed by atoms with E-state index in [-0.39, 0.29) is 12.5 Å². The summed E-state index contributed by atoms with van der Waals surface area (Å²) in [6.45, 7) is 4.48. The van der Waals surface area contributed by atoms with Gasteiger partial charge in [0, 0.05) is 12.3 Å². The van der Waals surface area contributed by atoms with E-state index >= 15 is 0 Å². The van der Waals surface area contributed by atoms with E-state index in [1.807, 2.05) is 42.1 Å². The van der Waals surface area contributed by atoms with Crippen LogP contribution in [0.2, 0.25) is 0 Å². The van der Waals surface area contributed by atoms with Crippen LogP contribution in [0.1, 0.15) is 37.3 Å². The quantitative estimate of drug-likeness (QED) is 0.543. The first-order chi connectivity index (χ1) is 13.8. The molecule has 0 bridgehead atoms. The second kappa shape index (κ2) is 11.3. The molecule has 1 amide bonds. The minimum absolute atomic E-state index is 0.211. The molecule has 0 unspecified atom stereocenters. The first-order valence-corrected chi connectivity index (χ1v) is 12.7. The Kier molecular flexibility index (Phi) is 9.04. The summed E-state index contributed by atoms with van der Waals surface area (Å²) in [7, 11) is -3.55. The summed E-state index contributed by atoms with van der Waals surface area (Å²) in [5.41, 5.74) is 2.92. The predicted octanol–water partition coefficient (Wildman–Crippen LogP) is 4.02. The minimum Gasteiger partial charge on any atom is -0.354 e. The Hall–Kier alpha value is -1.99. The van der Waals surface area contributed by atoms with Crippen LogP contribution < -0.4 is 9.62 Å². The zero-order chi connectivity index (χ0) is 21.3. The SMILES string of the molecule is CC(C)c1ccc(N(CC(=O)NCCCSCc2ccccc2)S(C)(=O)=O)cc1. The first-order valence-electron chi connectivity index (χ1n) is 9.73. The molecule has 0 aliphatic carbocycles. The van der Waals surface area contributed by atoms with Crippen LogP contribution in [0.25, 0.3) is 0 Å². The van der Waals surface area contributed by atoms with Crippen molar-refractivity contribution in [1.29, 1.82) is 0 Å². The smallest absolute Gasteiger partial charge is 0.240 e. The summed E-state index contributed by atoms with van der Waals surface area (Å²) in [5, 5.41) is 2.82. The van der Waals surface area contributed by atoms with Gasteiger partial charge in [-0.25, -0.2) is 8.42 Å². The molecular formula is C22H30N2O3S2. The molecule has 0 saturated heterocycles. The Morgan fingerprint density at radius 1 is 1.07 bits per heavy atom. The first kappa shape index (κ1) is 23.3. The second-order valence-corrected chi connectivity index (χ2v) is 10.3. The number of rotatable bonds is 11. The molecule has 0 aliphatic rings. The number of carbonyl (C=O) groups excluding carboxylic acids is 1. The van der Waals surface area contributed by atoms with Gasteiger partial charge in [-0.05, 0) is 41.4 Å². The number of amides is 1. The third kappa shape index (κ3) is 8.11.